The molecule has 0 bridgehead atoms. The molecule has 0 aliphatic carbocycles. The molecule has 0 atom stereocenters. The number of piperidine rings is 1. The Morgan fingerprint density at radius 1 is 1.02 bits per heavy atom. The highest BCUT2D eigenvalue weighted by Crippen LogP contribution is 2.41. The van der Waals surface area contributed by atoms with Crippen molar-refractivity contribution in [3.8, 4) is 0 Å². The van der Waals surface area contributed by atoms with Crippen molar-refractivity contribution in [3.05, 3.63) is 29.8 Å². The highest BCUT2D eigenvalue weighted by atomic mass is 28.3. The summed E-state index contributed by atoms with van der Waals surface area (Å²) in [6.45, 7) is 17.8. The van der Waals surface area contributed by atoms with Crippen LogP contribution in [-0.2, 0) is 20.8 Å². The summed E-state index contributed by atoms with van der Waals surface area (Å²) in [6, 6.07) is 8.79. The average Bonchev–Trinajstić information content (AvgIpc) is 3.27. The van der Waals surface area contributed by atoms with Gasteiger partial charge in [0.1, 0.15) is 12.3 Å². The molecule has 0 unspecified atom stereocenters. The van der Waals surface area contributed by atoms with Gasteiger partial charge in [0.2, 0.25) is 5.91 Å². The van der Waals surface area contributed by atoms with Crippen LogP contribution >= 0.6 is 0 Å². The second kappa shape index (κ2) is 12.2. The zero-order chi connectivity index (χ0) is 29.1. The fourth-order valence-electron chi connectivity index (χ4n) is 5.68. The van der Waals surface area contributed by atoms with Crippen LogP contribution in [0.15, 0.2) is 24.3 Å². The van der Waals surface area contributed by atoms with Crippen molar-refractivity contribution in [3.63, 3.8) is 0 Å². The molecule has 3 aliphatic rings. The smallest absolute Gasteiger partial charge is 0.410 e. The molecule has 3 aliphatic heterocycles. The van der Waals surface area contributed by atoms with Crippen molar-refractivity contribution < 1.29 is 23.9 Å². The number of carbonyl (C=O) groups is 3. The summed E-state index contributed by atoms with van der Waals surface area (Å²) in [5, 5.41) is 0. The molecule has 4 amide bonds. The summed E-state index contributed by atoms with van der Waals surface area (Å²) in [4.78, 5) is 45.6. The summed E-state index contributed by atoms with van der Waals surface area (Å²) >= 11 is 0. The number of likely N-dealkylation sites (tertiary alicyclic amines) is 2. The molecule has 4 rings (SSSR count). The van der Waals surface area contributed by atoms with Crippen LogP contribution in [0.2, 0.25) is 25.7 Å². The Morgan fingerprint density at radius 2 is 1.73 bits per heavy atom. The SMILES string of the molecule is CC(C)(C)OC(=O)N1CCC2(CCN(Cc3cccc(N4CCC(=O)N(COCC[Si](C)(C)C)C4=O)c3)CC2)C1. The van der Waals surface area contributed by atoms with Gasteiger partial charge in [-0.2, -0.15) is 0 Å². The number of benzene rings is 1. The Labute approximate surface area is 240 Å². The van der Waals surface area contributed by atoms with Crippen molar-refractivity contribution in [1.82, 2.24) is 14.7 Å². The fraction of sp³-hybridized carbons (Fsp3) is 0.700. The van der Waals surface area contributed by atoms with Gasteiger partial charge in [-0.3, -0.25) is 14.6 Å². The van der Waals surface area contributed by atoms with E-state index >= 15 is 0 Å². The third-order valence-electron chi connectivity index (χ3n) is 8.16. The second-order valence-electron chi connectivity index (χ2n) is 14.0. The van der Waals surface area contributed by atoms with Crippen molar-refractivity contribution in [1.29, 1.82) is 0 Å². The van der Waals surface area contributed by atoms with Gasteiger partial charge in [-0.1, -0.05) is 31.8 Å². The highest BCUT2D eigenvalue weighted by molar-refractivity contribution is 6.76. The van der Waals surface area contributed by atoms with E-state index in [9.17, 15) is 14.4 Å². The van der Waals surface area contributed by atoms with Crippen LogP contribution in [0.4, 0.5) is 15.3 Å². The van der Waals surface area contributed by atoms with Crippen LogP contribution in [0.3, 0.4) is 0 Å². The molecule has 0 radical (unpaired) electrons. The van der Waals surface area contributed by atoms with E-state index in [4.69, 9.17) is 9.47 Å². The molecular formula is C30H48N4O5Si. The molecule has 10 heteroatoms. The first-order valence-corrected chi connectivity index (χ1v) is 18.4. The van der Waals surface area contributed by atoms with Crippen LogP contribution in [0.5, 0.6) is 0 Å². The number of hydrogen-bond donors (Lipinski definition) is 0. The number of hydrogen-bond acceptors (Lipinski definition) is 6. The van der Waals surface area contributed by atoms with Gasteiger partial charge in [0, 0.05) is 53.0 Å². The molecule has 1 aromatic rings. The van der Waals surface area contributed by atoms with Gasteiger partial charge in [-0.25, -0.2) is 14.5 Å². The number of nitrogens with zero attached hydrogens (tertiary/aromatic N) is 4. The molecule has 1 spiro atoms. The lowest BCUT2D eigenvalue weighted by atomic mass is 9.77. The topological polar surface area (TPSA) is 82.6 Å². The number of imide groups is 1. The van der Waals surface area contributed by atoms with Gasteiger partial charge < -0.3 is 14.4 Å². The van der Waals surface area contributed by atoms with Gasteiger partial charge in [0.15, 0.2) is 0 Å². The van der Waals surface area contributed by atoms with E-state index in [1.807, 2.05) is 37.8 Å². The molecule has 40 heavy (non-hydrogen) atoms. The summed E-state index contributed by atoms with van der Waals surface area (Å²) in [7, 11) is -1.24. The highest BCUT2D eigenvalue weighted by Gasteiger charge is 2.43. The molecule has 0 aromatic heterocycles. The molecule has 3 fully saturated rings. The van der Waals surface area contributed by atoms with E-state index in [0.29, 0.717) is 19.6 Å². The maximum Gasteiger partial charge on any atom is 0.410 e. The van der Waals surface area contributed by atoms with Crippen LogP contribution in [-0.4, -0.2) is 92.5 Å². The maximum absolute atomic E-state index is 13.2. The number of urea groups is 1. The standard InChI is InChI=1S/C30H48N4O5Si/c1-29(2,3)39-28(37)32-17-13-30(22-32)11-15-31(16-12-30)21-24-8-7-9-25(20-24)33-14-10-26(35)34(27(33)36)23-38-18-19-40(4,5)6/h7-9,20H,10-19,21-23H2,1-6H3. The van der Waals surface area contributed by atoms with Gasteiger partial charge in [0.25, 0.3) is 0 Å². The lowest BCUT2D eigenvalue weighted by Crippen LogP contribution is -2.53. The van der Waals surface area contributed by atoms with Crippen molar-refractivity contribution in [2.24, 2.45) is 5.41 Å². The average molecular weight is 573 g/mol. The Balaban J connectivity index is 1.30. The summed E-state index contributed by atoms with van der Waals surface area (Å²) < 4.78 is 11.3. The van der Waals surface area contributed by atoms with Crippen LogP contribution in [0.25, 0.3) is 0 Å². The first-order chi connectivity index (χ1) is 18.7. The van der Waals surface area contributed by atoms with Crippen molar-refractivity contribution in [2.45, 2.75) is 84.3 Å². The molecule has 0 saturated carbocycles. The van der Waals surface area contributed by atoms with E-state index in [1.165, 1.54) is 4.90 Å². The van der Waals surface area contributed by atoms with Gasteiger partial charge in [0.05, 0.1) is 0 Å². The van der Waals surface area contributed by atoms with Crippen LogP contribution < -0.4 is 4.90 Å². The Morgan fingerprint density at radius 3 is 2.40 bits per heavy atom. The van der Waals surface area contributed by atoms with E-state index in [0.717, 1.165) is 69.3 Å². The van der Waals surface area contributed by atoms with Gasteiger partial charge >= 0.3 is 12.1 Å². The number of ether oxygens (including phenoxy) is 2. The van der Waals surface area contributed by atoms with Gasteiger partial charge in [-0.15, -0.1) is 0 Å². The van der Waals surface area contributed by atoms with E-state index in [-0.39, 0.29) is 30.2 Å². The van der Waals surface area contributed by atoms with Crippen molar-refractivity contribution >= 4 is 31.8 Å². The Bertz CT molecular complexity index is 1070. The summed E-state index contributed by atoms with van der Waals surface area (Å²) in [5.41, 5.74) is 1.68. The number of anilines is 1. The zero-order valence-corrected chi connectivity index (χ0v) is 26.3. The third kappa shape index (κ3) is 8.07. The molecule has 3 saturated heterocycles. The molecule has 3 heterocycles. The number of rotatable bonds is 8. The lowest BCUT2D eigenvalue weighted by Gasteiger charge is -2.39. The summed E-state index contributed by atoms with van der Waals surface area (Å²) in [5.74, 6) is -0.176. The maximum atomic E-state index is 13.2. The molecule has 1 aromatic carbocycles. The quantitative estimate of drug-likeness (QED) is 0.307. The number of amides is 4. The predicted molar refractivity (Wildman–Crippen MR) is 159 cm³/mol. The molecule has 9 nitrogen and oxygen atoms in total. The van der Waals surface area contributed by atoms with E-state index in [2.05, 4.69) is 36.7 Å². The monoisotopic (exact) mass is 572 g/mol. The third-order valence-corrected chi connectivity index (χ3v) is 9.87. The molecular weight excluding hydrogens is 524 g/mol. The minimum Gasteiger partial charge on any atom is -0.444 e. The minimum absolute atomic E-state index is 0.0131. The first kappa shape index (κ1) is 30.5. The van der Waals surface area contributed by atoms with Crippen molar-refractivity contribution in [2.75, 3.05) is 51.0 Å². The Hall–Kier alpha value is -2.43. The molecule has 222 valence electrons. The first-order valence-electron chi connectivity index (χ1n) is 14.7. The number of carbonyl (C=O) groups excluding carboxylic acids is 3. The van der Waals surface area contributed by atoms with Crippen LogP contribution in [0, 0.1) is 5.41 Å². The van der Waals surface area contributed by atoms with Gasteiger partial charge in [-0.05, 0) is 82.3 Å². The predicted octanol–water partition coefficient (Wildman–Crippen LogP) is 5.38. The van der Waals surface area contributed by atoms with Crippen LogP contribution in [0.1, 0.15) is 52.0 Å². The Kier molecular flexibility index (Phi) is 9.31. The largest absolute Gasteiger partial charge is 0.444 e. The normalized spacial score (nSPS) is 20.5. The lowest BCUT2D eigenvalue weighted by molar-refractivity contribution is -0.133. The van der Waals surface area contributed by atoms with E-state index < -0.39 is 13.7 Å². The molecule has 0 N–H and O–H groups in total. The van der Waals surface area contributed by atoms with E-state index in [1.54, 1.807) is 4.90 Å². The minimum atomic E-state index is -1.24. The fourth-order valence-corrected chi connectivity index (χ4v) is 6.44. The zero-order valence-electron chi connectivity index (χ0n) is 25.3. The second-order valence-corrected chi connectivity index (χ2v) is 19.6. The summed E-state index contributed by atoms with van der Waals surface area (Å²) in [6.07, 6.45) is 3.25.